The molecule has 0 radical (unpaired) electrons. The van der Waals surface area contributed by atoms with Gasteiger partial charge in [-0.15, -0.1) is 0 Å². The molecule has 0 saturated heterocycles. The Bertz CT molecular complexity index is 990. The Labute approximate surface area is 175 Å². The number of fused-ring (bicyclic) bond motifs is 1. The number of hydrogen-bond acceptors (Lipinski definition) is 5. The first-order valence-electron chi connectivity index (χ1n) is 9.87. The minimum atomic E-state index is -0.717. The fourth-order valence-electron chi connectivity index (χ4n) is 3.11. The van der Waals surface area contributed by atoms with Gasteiger partial charge in [0.15, 0.2) is 11.5 Å². The van der Waals surface area contributed by atoms with Crippen LogP contribution in [0, 0.1) is 0 Å². The molecule has 0 fully saturated rings. The molecule has 0 aromatic heterocycles. The van der Waals surface area contributed by atoms with Gasteiger partial charge in [0.1, 0.15) is 19.0 Å². The Hall–Kier alpha value is -3.51. The molecule has 4 rings (SSSR count). The van der Waals surface area contributed by atoms with Crippen LogP contribution in [0.15, 0.2) is 72.8 Å². The fraction of sp³-hybridized carbons (Fsp3) is 0.208. The molecule has 154 valence electrons. The third kappa shape index (κ3) is 4.90. The number of hydrogen-bond donors (Lipinski definition) is 2. The molecular weight excluding hydrogens is 380 g/mol. The Kier molecular flexibility index (Phi) is 6.15. The van der Waals surface area contributed by atoms with Crippen LogP contribution in [-0.2, 0) is 24.5 Å². The van der Waals surface area contributed by atoms with E-state index in [1.54, 1.807) is 12.1 Å². The van der Waals surface area contributed by atoms with E-state index in [2.05, 4.69) is 5.32 Å². The van der Waals surface area contributed by atoms with Crippen molar-refractivity contribution in [2.45, 2.75) is 25.8 Å². The van der Waals surface area contributed by atoms with E-state index < -0.39 is 6.10 Å². The van der Waals surface area contributed by atoms with Crippen LogP contribution in [0.2, 0.25) is 0 Å². The molecule has 1 atom stereocenters. The zero-order chi connectivity index (χ0) is 20.8. The molecule has 3 aromatic carbocycles. The van der Waals surface area contributed by atoms with Crippen molar-refractivity contribution in [1.29, 1.82) is 0 Å². The SMILES string of the molecule is NCc1ccc(CNC(=O)[C@H]2COc3ccc(OCc4ccccc4)cc3O2)cc1. The summed E-state index contributed by atoms with van der Waals surface area (Å²) in [5, 5.41) is 2.89. The van der Waals surface area contributed by atoms with Crippen LogP contribution < -0.4 is 25.3 Å². The van der Waals surface area contributed by atoms with Crippen LogP contribution in [0.4, 0.5) is 0 Å². The predicted octanol–water partition coefficient (Wildman–Crippen LogP) is 3.18. The monoisotopic (exact) mass is 404 g/mol. The number of carbonyl (C=O) groups excluding carboxylic acids is 1. The average Bonchev–Trinajstić information content (AvgIpc) is 2.81. The zero-order valence-corrected chi connectivity index (χ0v) is 16.5. The molecule has 3 N–H and O–H groups in total. The van der Waals surface area contributed by atoms with Gasteiger partial charge in [0, 0.05) is 19.2 Å². The molecule has 0 bridgehead atoms. The molecule has 0 aliphatic carbocycles. The standard InChI is InChI=1S/C24H24N2O4/c25-13-17-6-8-18(9-7-17)14-26-24(27)23-16-29-21-11-10-20(12-22(21)30-23)28-15-19-4-2-1-3-5-19/h1-12,23H,13-16,25H2,(H,26,27)/t23-/m1/s1. The molecule has 1 aliphatic rings. The number of nitrogens with two attached hydrogens (primary N) is 1. The van der Waals surface area contributed by atoms with E-state index in [1.165, 1.54) is 0 Å². The second-order valence-corrected chi connectivity index (χ2v) is 7.04. The van der Waals surface area contributed by atoms with E-state index in [9.17, 15) is 4.79 Å². The van der Waals surface area contributed by atoms with Crippen molar-refractivity contribution < 1.29 is 19.0 Å². The maximum Gasteiger partial charge on any atom is 0.264 e. The summed E-state index contributed by atoms with van der Waals surface area (Å²) in [6, 6.07) is 23.1. The molecule has 30 heavy (non-hydrogen) atoms. The van der Waals surface area contributed by atoms with Gasteiger partial charge >= 0.3 is 0 Å². The number of nitrogens with one attached hydrogen (secondary N) is 1. The summed E-state index contributed by atoms with van der Waals surface area (Å²) in [4.78, 5) is 12.5. The van der Waals surface area contributed by atoms with Crippen molar-refractivity contribution in [3.63, 3.8) is 0 Å². The molecule has 6 nitrogen and oxygen atoms in total. The van der Waals surface area contributed by atoms with Gasteiger partial charge < -0.3 is 25.3 Å². The molecule has 0 spiro atoms. The Morgan fingerprint density at radius 2 is 1.73 bits per heavy atom. The summed E-state index contributed by atoms with van der Waals surface area (Å²) < 4.78 is 17.4. The van der Waals surface area contributed by atoms with Crippen molar-refractivity contribution in [3.05, 3.63) is 89.5 Å². The Morgan fingerprint density at radius 3 is 2.50 bits per heavy atom. The lowest BCUT2D eigenvalue weighted by molar-refractivity contribution is -0.130. The molecule has 1 heterocycles. The van der Waals surface area contributed by atoms with Gasteiger partial charge in [-0.05, 0) is 28.8 Å². The van der Waals surface area contributed by atoms with E-state index >= 15 is 0 Å². The summed E-state index contributed by atoms with van der Waals surface area (Å²) in [5.41, 5.74) is 8.73. The highest BCUT2D eigenvalue weighted by molar-refractivity contribution is 5.81. The van der Waals surface area contributed by atoms with E-state index in [-0.39, 0.29) is 12.5 Å². The fourth-order valence-corrected chi connectivity index (χ4v) is 3.11. The normalized spacial score (nSPS) is 14.8. The van der Waals surface area contributed by atoms with Gasteiger partial charge in [0.25, 0.3) is 5.91 Å². The number of ether oxygens (including phenoxy) is 3. The summed E-state index contributed by atoms with van der Waals surface area (Å²) in [6.07, 6.45) is -0.717. The molecule has 0 saturated carbocycles. The van der Waals surface area contributed by atoms with Crippen LogP contribution in [0.25, 0.3) is 0 Å². The Morgan fingerprint density at radius 1 is 0.967 bits per heavy atom. The second kappa shape index (κ2) is 9.33. The van der Waals surface area contributed by atoms with Crippen molar-refractivity contribution in [2.24, 2.45) is 5.73 Å². The van der Waals surface area contributed by atoms with E-state index in [0.29, 0.717) is 36.9 Å². The highest BCUT2D eigenvalue weighted by Crippen LogP contribution is 2.35. The lowest BCUT2D eigenvalue weighted by atomic mass is 10.1. The van der Waals surface area contributed by atoms with Gasteiger partial charge in [-0.3, -0.25) is 4.79 Å². The summed E-state index contributed by atoms with van der Waals surface area (Å²) in [7, 11) is 0. The molecule has 1 aliphatic heterocycles. The van der Waals surface area contributed by atoms with Crippen LogP contribution in [-0.4, -0.2) is 18.6 Å². The maximum absolute atomic E-state index is 12.5. The smallest absolute Gasteiger partial charge is 0.264 e. The predicted molar refractivity (Wildman–Crippen MR) is 113 cm³/mol. The molecule has 3 aromatic rings. The van der Waals surface area contributed by atoms with Gasteiger partial charge in [0.05, 0.1) is 0 Å². The molecule has 6 heteroatoms. The highest BCUT2D eigenvalue weighted by atomic mass is 16.6. The summed E-state index contributed by atoms with van der Waals surface area (Å²) in [5.74, 6) is 1.53. The first-order chi connectivity index (χ1) is 14.7. The minimum Gasteiger partial charge on any atom is -0.489 e. The third-order valence-corrected chi connectivity index (χ3v) is 4.84. The number of carbonyl (C=O) groups is 1. The Balaban J connectivity index is 1.34. The number of rotatable bonds is 7. The van der Waals surface area contributed by atoms with Crippen LogP contribution in [0.5, 0.6) is 17.2 Å². The maximum atomic E-state index is 12.5. The molecule has 1 amide bonds. The van der Waals surface area contributed by atoms with Crippen LogP contribution in [0.3, 0.4) is 0 Å². The molecular formula is C24H24N2O4. The van der Waals surface area contributed by atoms with Crippen LogP contribution >= 0.6 is 0 Å². The first-order valence-corrected chi connectivity index (χ1v) is 9.87. The third-order valence-electron chi connectivity index (χ3n) is 4.84. The second-order valence-electron chi connectivity index (χ2n) is 7.04. The van der Waals surface area contributed by atoms with Gasteiger partial charge in [-0.25, -0.2) is 0 Å². The van der Waals surface area contributed by atoms with E-state index in [0.717, 1.165) is 16.7 Å². The highest BCUT2D eigenvalue weighted by Gasteiger charge is 2.27. The summed E-state index contributed by atoms with van der Waals surface area (Å²) >= 11 is 0. The van der Waals surface area contributed by atoms with Gasteiger partial charge in [0.2, 0.25) is 6.10 Å². The quantitative estimate of drug-likeness (QED) is 0.632. The van der Waals surface area contributed by atoms with Crippen molar-refractivity contribution in [2.75, 3.05) is 6.61 Å². The topological polar surface area (TPSA) is 82.8 Å². The van der Waals surface area contributed by atoms with Crippen molar-refractivity contribution in [1.82, 2.24) is 5.32 Å². The van der Waals surface area contributed by atoms with Crippen molar-refractivity contribution in [3.8, 4) is 17.2 Å². The van der Waals surface area contributed by atoms with E-state index in [1.807, 2.05) is 60.7 Å². The van der Waals surface area contributed by atoms with Gasteiger partial charge in [-0.2, -0.15) is 0 Å². The minimum absolute atomic E-state index is 0.162. The largest absolute Gasteiger partial charge is 0.489 e. The molecule has 0 unspecified atom stereocenters. The zero-order valence-electron chi connectivity index (χ0n) is 16.5. The lowest BCUT2D eigenvalue weighted by Crippen LogP contribution is -2.43. The van der Waals surface area contributed by atoms with E-state index in [4.69, 9.17) is 19.9 Å². The van der Waals surface area contributed by atoms with Crippen LogP contribution in [0.1, 0.15) is 16.7 Å². The number of benzene rings is 3. The van der Waals surface area contributed by atoms with Gasteiger partial charge in [-0.1, -0.05) is 54.6 Å². The number of amides is 1. The van der Waals surface area contributed by atoms with Crippen molar-refractivity contribution >= 4 is 5.91 Å². The lowest BCUT2D eigenvalue weighted by Gasteiger charge is -2.26. The summed E-state index contributed by atoms with van der Waals surface area (Å²) in [6.45, 7) is 1.52. The first kappa shape index (κ1) is 19.8. The average molecular weight is 404 g/mol.